The average Bonchev–Trinajstić information content (AvgIpc) is 2.98. The first kappa shape index (κ1) is 26.5. The number of aryl methyl sites for hydroxylation is 3. The zero-order valence-electron chi connectivity index (χ0n) is 19.2. The molecule has 1 aliphatic carbocycles. The molecule has 0 bridgehead atoms. The monoisotopic (exact) mass is 464 g/mol. The molecule has 33 heavy (non-hydrogen) atoms. The number of Topliss-reactive ketones (excluding diaryl/α,β-unsaturated/α-hetero) is 1. The normalized spacial score (nSPS) is 18.5. The molecule has 182 valence electrons. The van der Waals surface area contributed by atoms with E-state index < -0.39 is 11.7 Å². The molecule has 2 aromatic rings. The number of benzene rings is 2. The maximum absolute atomic E-state index is 12.9. The van der Waals surface area contributed by atoms with Gasteiger partial charge in [-0.15, -0.1) is 0 Å². The Bertz CT molecular complexity index is 970. The third-order valence-electron chi connectivity index (χ3n) is 6.44. The second-order valence-corrected chi connectivity index (χ2v) is 9.00. The van der Waals surface area contributed by atoms with Gasteiger partial charge in [-0.2, -0.15) is 22.8 Å². The molecule has 0 heterocycles. The van der Waals surface area contributed by atoms with Crippen LogP contribution in [0, 0.1) is 18.8 Å². The summed E-state index contributed by atoms with van der Waals surface area (Å²) in [7, 11) is 0. The topological polar surface area (TPSA) is 51.2 Å². The molecule has 3 rings (SSSR count). The number of halogens is 3. The Balaban J connectivity index is 0.00000220. The van der Waals surface area contributed by atoms with E-state index >= 15 is 0 Å². The highest BCUT2D eigenvalue weighted by Crippen LogP contribution is 2.30. The first-order valence-corrected chi connectivity index (χ1v) is 11.4. The van der Waals surface area contributed by atoms with Crippen LogP contribution >= 0.6 is 0 Å². The Morgan fingerprint density at radius 2 is 1.73 bits per heavy atom. The maximum atomic E-state index is 12.9. The summed E-state index contributed by atoms with van der Waals surface area (Å²) in [6.07, 6.45) is 3.19. The molecule has 6 heteroatoms. The van der Waals surface area contributed by atoms with Crippen LogP contribution in [-0.4, -0.2) is 11.9 Å². The molecule has 1 aliphatic rings. The zero-order valence-corrected chi connectivity index (χ0v) is 19.2. The van der Waals surface area contributed by atoms with Gasteiger partial charge in [0.1, 0.15) is 5.78 Å². The lowest BCUT2D eigenvalue weighted by molar-refractivity contribution is -0.191. The van der Waals surface area contributed by atoms with Crippen molar-refractivity contribution in [3.63, 3.8) is 0 Å². The SMILES string of the molecule is Cc1cc(CC(=O)C2CCCC(C)CC2)ccc1CCc1cccc(C(F)(F)F)c1.O=C=O.[HH].[HH]. The van der Waals surface area contributed by atoms with Gasteiger partial charge in [0, 0.05) is 15.2 Å². The van der Waals surface area contributed by atoms with Crippen molar-refractivity contribution in [3.8, 4) is 0 Å². The summed E-state index contributed by atoms with van der Waals surface area (Å²) >= 11 is 0. The van der Waals surface area contributed by atoms with E-state index in [-0.39, 0.29) is 14.9 Å². The van der Waals surface area contributed by atoms with Gasteiger partial charge in [0.05, 0.1) is 5.56 Å². The lowest BCUT2D eigenvalue weighted by atomic mass is 9.90. The molecule has 0 radical (unpaired) electrons. The summed E-state index contributed by atoms with van der Waals surface area (Å²) in [5.74, 6) is 1.26. The Morgan fingerprint density at radius 3 is 2.39 bits per heavy atom. The Kier molecular flexibility index (Phi) is 10.1. The molecule has 2 aromatic carbocycles. The predicted molar refractivity (Wildman–Crippen MR) is 124 cm³/mol. The summed E-state index contributed by atoms with van der Waals surface area (Å²) in [6, 6.07) is 11.6. The van der Waals surface area contributed by atoms with E-state index in [0.717, 1.165) is 54.4 Å². The van der Waals surface area contributed by atoms with Gasteiger partial charge in [-0.05, 0) is 66.8 Å². The summed E-state index contributed by atoms with van der Waals surface area (Å²) < 4.78 is 38.7. The number of rotatable bonds is 6. The molecule has 0 spiro atoms. The van der Waals surface area contributed by atoms with Gasteiger partial charge in [-0.1, -0.05) is 62.6 Å². The van der Waals surface area contributed by atoms with Gasteiger partial charge < -0.3 is 0 Å². The van der Waals surface area contributed by atoms with Crippen molar-refractivity contribution in [1.82, 2.24) is 0 Å². The summed E-state index contributed by atoms with van der Waals surface area (Å²) in [5.41, 5.74) is 3.34. The number of ketones is 1. The highest BCUT2D eigenvalue weighted by atomic mass is 19.4. The molecule has 0 saturated heterocycles. The second-order valence-electron chi connectivity index (χ2n) is 9.00. The van der Waals surface area contributed by atoms with Crippen LogP contribution in [0.4, 0.5) is 13.2 Å². The van der Waals surface area contributed by atoms with Gasteiger partial charge in [0.2, 0.25) is 0 Å². The Labute approximate surface area is 196 Å². The molecule has 2 atom stereocenters. The van der Waals surface area contributed by atoms with Crippen LogP contribution in [0.25, 0.3) is 0 Å². The zero-order chi connectivity index (χ0) is 24.4. The van der Waals surface area contributed by atoms with Crippen LogP contribution in [0.5, 0.6) is 0 Å². The smallest absolute Gasteiger partial charge is 0.299 e. The average molecular weight is 465 g/mol. The van der Waals surface area contributed by atoms with Gasteiger partial charge in [-0.3, -0.25) is 4.79 Å². The highest BCUT2D eigenvalue weighted by Gasteiger charge is 2.30. The predicted octanol–water partition coefficient (Wildman–Crippen LogP) is 7.04. The lowest BCUT2D eigenvalue weighted by Gasteiger charge is -2.14. The van der Waals surface area contributed by atoms with Crippen molar-refractivity contribution in [3.05, 3.63) is 70.3 Å². The van der Waals surface area contributed by atoms with Gasteiger partial charge >= 0.3 is 12.3 Å². The number of hydrogen-bond acceptors (Lipinski definition) is 3. The second kappa shape index (κ2) is 12.5. The van der Waals surface area contributed by atoms with Crippen LogP contribution < -0.4 is 0 Å². The fourth-order valence-electron chi connectivity index (χ4n) is 4.49. The molecule has 0 amide bonds. The summed E-state index contributed by atoms with van der Waals surface area (Å²) in [4.78, 5) is 29.0. The number of carbonyl (C=O) groups excluding carboxylic acids is 3. The number of alkyl halides is 3. The highest BCUT2D eigenvalue weighted by molar-refractivity contribution is 5.83. The van der Waals surface area contributed by atoms with Crippen molar-refractivity contribution in [2.24, 2.45) is 11.8 Å². The lowest BCUT2D eigenvalue weighted by Crippen LogP contribution is -2.16. The third-order valence-corrected chi connectivity index (χ3v) is 6.44. The largest absolute Gasteiger partial charge is 0.416 e. The van der Waals surface area contributed by atoms with E-state index in [2.05, 4.69) is 13.0 Å². The number of carbonyl (C=O) groups is 1. The van der Waals surface area contributed by atoms with Gasteiger partial charge in [0.15, 0.2) is 0 Å². The fourth-order valence-corrected chi connectivity index (χ4v) is 4.49. The molecule has 1 fully saturated rings. The van der Waals surface area contributed by atoms with E-state index in [1.54, 1.807) is 6.07 Å². The van der Waals surface area contributed by atoms with E-state index in [1.807, 2.05) is 19.1 Å². The minimum absolute atomic E-state index is 0. The first-order valence-electron chi connectivity index (χ1n) is 11.4. The van der Waals surface area contributed by atoms with E-state index in [0.29, 0.717) is 30.6 Å². The van der Waals surface area contributed by atoms with E-state index in [4.69, 9.17) is 9.59 Å². The van der Waals surface area contributed by atoms with Crippen molar-refractivity contribution < 1.29 is 30.4 Å². The maximum Gasteiger partial charge on any atom is 0.416 e. The van der Waals surface area contributed by atoms with Crippen LogP contribution in [-0.2, 0) is 39.8 Å². The van der Waals surface area contributed by atoms with Gasteiger partial charge in [-0.25, -0.2) is 0 Å². The molecular formula is C27H35F3O3. The fraction of sp³-hybridized carbons (Fsp3) is 0.481. The van der Waals surface area contributed by atoms with Gasteiger partial charge in [0.25, 0.3) is 0 Å². The molecule has 0 aromatic heterocycles. The standard InChI is InChI=1S/C26H31F3O.CO2.2H2/c1-18-5-3-7-23(12-9-18)25(30)17-21-11-14-22(19(2)15-21)13-10-20-6-4-8-24(16-20)26(27,28)29;2-1-3;;/h4,6,8,11,14-16,18,23H,3,5,7,9-10,12-13,17H2,1-2H3;;2*1H. The number of hydrogen-bond donors (Lipinski definition) is 0. The van der Waals surface area contributed by atoms with Crippen LogP contribution in [0.3, 0.4) is 0 Å². The minimum Gasteiger partial charge on any atom is -0.299 e. The molecule has 0 N–H and O–H groups in total. The van der Waals surface area contributed by atoms with Crippen LogP contribution in [0.15, 0.2) is 42.5 Å². The van der Waals surface area contributed by atoms with E-state index in [9.17, 15) is 18.0 Å². The molecular weight excluding hydrogens is 429 g/mol. The molecule has 0 aliphatic heterocycles. The van der Waals surface area contributed by atoms with Crippen LogP contribution in [0.2, 0.25) is 0 Å². The summed E-state index contributed by atoms with van der Waals surface area (Å²) in [5, 5.41) is 0. The molecule has 2 unspecified atom stereocenters. The van der Waals surface area contributed by atoms with Crippen LogP contribution in [0.1, 0.15) is 69.7 Å². The molecule has 1 saturated carbocycles. The van der Waals surface area contributed by atoms with Crippen molar-refractivity contribution in [2.75, 3.05) is 0 Å². The van der Waals surface area contributed by atoms with Crippen molar-refractivity contribution in [2.45, 2.75) is 71.4 Å². The molecule has 3 nitrogen and oxygen atoms in total. The van der Waals surface area contributed by atoms with Crippen molar-refractivity contribution >= 4 is 11.9 Å². The quantitative estimate of drug-likeness (QED) is 0.431. The Hall–Kier alpha value is -2.72. The van der Waals surface area contributed by atoms with Crippen molar-refractivity contribution in [1.29, 1.82) is 0 Å². The first-order chi connectivity index (χ1) is 15.6. The van der Waals surface area contributed by atoms with E-state index in [1.165, 1.54) is 18.6 Å². The third kappa shape index (κ3) is 8.62. The summed E-state index contributed by atoms with van der Waals surface area (Å²) in [6.45, 7) is 4.29. The Morgan fingerprint density at radius 1 is 1.00 bits per heavy atom. The minimum atomic E-state index is -4.31.